The highest BCUT2D eigenvalue weighted by Gasteiger charge is 2.57. The summed E-state index contributed by atoms with van der Waals surface area (Å²) in [6.07, 6.45) is 4.80. The van der Waals surface area contributed by atoms with Gasteiger partial charge in [0.05, 0.1) is 0 Å². The van der Waals surface area contributed by atoms with Gasteiger partial charge in [-0.3, -0.25) is 4.79 Å². The number of aromatic hydroxyl groups is 1. The Kier molecular flexibility index (Phi) is 3.66. The van der Waals surface area contributed by atoms with Crippen LogP contribution in [0.3, 0.4) is 0 Å². The molecule has 0 amide bonds. The molecule has 0 saturated heterocycles. The third-order valence-corrected chi connectivity index (χ3v) is 6.60. The highest BCUT2D eigenvalue weighted by atomic mass is 16.6. The van der Waals surface area contributed by atoms with Gasteiger partial charge in [-0.1, -0.05) is 18.1 Å². The lowest BCUT2D eigenvalue weighted by Gasteiger charge is -2.47. The third-order valence-electron chi connectivity index (χ3n) is 6.60. The van der Waals surface area contributed by atoms with Crippen molar-refractivity contribution < 1.29 is 14.7 Å². The first-order valence-electron chi connectivity index (χ1n) is 9.10. The van der Waals surface area contributed by atoms with Gasteiger partial charge in [0.15, 0.2) is 5.78 Å². The minimum atomic E-state index is -0.272. The molecule has 4 atom stereocenters. The van der Waals surface area contributed by atoms with Crippen LogP contribution in [0.4, 0.5) is 0 Å². The van der Waals surface area contributed by atoms with E-state index in [1.165, 1.54) is 11.1 Å². The van der Waals surface area contributed by atoms with Gasteiger partial charge < -0.3 is 9.94 Å². The van der Waals surface area contributed by atoms with Gasteiger partial charge in [0.1, 0.15) is 18.1 Å². The number of benzene rings is 1. The molecule has 1 N–H and O–H groups in total. The van der Waals surface area contributed by atoms with Crippen LogP contribution < -0.4 is 0 Å². The van der Waals surface area contributed by atoms with Gasteiger partial charge in [-0.15, -0.1) is 0 Å². The van der Waals surface area contributed by atoms with Gasteiger partial charge in [0.2, 0.25) is 0 Å². The molecule has 4 rings (SSSR count). The van der Waals surface area contributed by atoms with E-state index in [1.54, 1.807) is 6.07 Å². The fourth-order valence-electron chi connectivity index (χ4n) is 5.40. The molecule has 1 aromatic rings. The lowest BCUT2D eigenvalue weighted by atomic mass is 9.55. The smallest absolute Gasteiger partial charge is 0.186 e. The molecule has 3 aliphatic carbocycles. The summed E-state index contributed by atoms with van der Waals surface area (Å²) in [5, 5.41) is 13.9. The van der Waals surface area contributed by atoms with Crippen LogP contribution >= 0.6 is 0 Å². The van der Waals surface area contributed by atoms with Gasteiger partial charge in [0.25, 0.3) is 0 Å². The van der Waals surface area contributed by atoms with Crippen molar-refractivity contribution in [3.05, 3.63) is 29.3 Å². The Hall–Kier alpha value is -1.84. The van der Waals surface area contributed by atoms with Crippen molar-refractivity contribution in [3.63, 3.8) is 0 Å². The van der Waals surface area contributed by atoms with Crippen LogP contribution in [0, 0.1) is 17.3 Å². The quantitative estimate of drug-likeness (QED) is 0.840. The van der Waals surface area contributed by atoms with E-state index in [0.29, 0.717) is 35.8 Å². The molecule has 0 heterocycles. The topological polar surface area (TPSA) is 58.9 Å². The van der Waals surface area contributed by atoms with E-state index in [2.05, 4.69) is 18.1 Å². The summed E-state index contributed by atoms with van der Waals surface area (Å²) in [7, 11) is 0. The Morgan fingerprint density at radius 2 is 2.21 bits per heavy atom. The lowest BCUT2D eigenvalue weighted by Crippen LogP contribution is -2.42. The number of nitrogens with zero attached hydrogens (tertiary/aromatic N) is 1. The van der Waals surface area contributed by atoms with Crippen molar-refractivity contribution in [2.24, 2.45) is 22.4 Å². The number of carbonyl (C=O) groups is 1. The zero-order chi connectivity index (χ0) is 16.9. The molecule has 1 aromatic carbocycles. The minimum absolute atomic E-state index is 0.205. The van der Waals surface area contributed by atoms with Crippen LogP contribution in [-0.4, -0.2) is 23.2 Å². The number of phenolic OH excluding ortho intramolecular Hbond substituents is 1. The van der Waals surface area contributed by atoms with Crippen LogP contribution in [0.2, 0.25) is 0 Å². The molecular weight excluding hydrogens is 302 g/mol. The fourth-order valence-corrected chi connectivity index (χ4v) is 5.40. The second-order valence-corrected chi connectivity index (χ2v) is 7.74. The number of aryl methyl sites for hydroxylation is 1. The Bertz CT molecular complexity index is 711. The molecular formula is C20H25NO3. The Labute approximate surface area is 142 Å². The van der Waals surface area contributed by atoms with E-state index >= 15 is 0 Å². The first-order valence-corrected chi connectivity index (χ1v) is 9.10. The van der Waals surface area contributed by atoms with Crippen LogP contribution in [0.1, 0.15) is 56.6 Å². The third kappa shape index (κ3) is 2.19. The van der Waals surface area contributed by atoms with Gasteiger partial charge in [-0.25, -0.2) is 0 Å². The zero-order valence-corrected chi connectivity index (χ0v) is 14.4. The maximum atomic E-state index is 12.9. The predicted molar refractivity (Wildman–Crippen MR) is 92.2 cm³/mol. The fraction of sp³-hybridized carbons (Fsp3) is 0.600. The largest absolute Gasteiger partial charge is 0.508 e. The number of ketones is 1. The van der Waals surface area contributed by atoms with Crippen molar-refractivity contribution >= 4 is 11.5 Å². The highest BCUT2D eigenvalue weighted by molar-refractivity contribution is 6.43. The number of oxime groups is 1. The summed E-state index contributed by atoms with van der Waals surface area (Å²) < 4.78 is 0. The molecule has 0 spiro atoms. The molecule has 0 unspecified atom stereocenters. The molecule has 128 valence electrons. The average Bonchev–Trinajstić information content (AvgIpc) is 2.84. The lowest BCUT2D eigenvalue weighted by molar-refractivity contribution is -0.125. The maximum Gasteiger partial charge on any atom is 0.186 e. The van der Waals surface area contributed by atoms with Crippen LogP contribution in [0.15, 0.2) is 23.4 Å². The SMILES string of the molecule is CCO/N=C1\C[C@H]2[C@@H]3CCc4cc(O)ccc4[C@H]3CC[C@]2(C)C1=O. The summed E-state index contributed by atoms with van der Waals surface area (Å²) in [5.41, 5.74) is 3.04. The molecule has 4 nitrogen and oxygen atoms in total. The van der Waals surface area contributed by atoms with E-state index in [-0.39, 0.29) is 11.2 Å². The highest BCUT2D eigenvalue weighted by Crippen LogP contribution is 2.59. The predicted octanol–water partition coefficient (Wildman–Crippen LogP) is 3.82. The first kappa shape index (κ1) is 15.7. The number of fused-ring (bicyclic) bond motifs is 5. The molecule has 0 aliphatic heterocycles. The van der Waals surface area contributed by atoms with Gasteiger partial charge in [-0.05, 0) is 73.6 Å². The second kappa shape index (κ2) is 5.61. The number of carbonyl (C=O) groups excluding carboxylic acids is 1. The molecule has 0 radical (unpaired) electrons. The monoisotopic (exact) mass is 327 g/mol. The standard InChI is InChI=1S/C20H25NO3/c1-3-24-21-18-11-17-16-6-4-12-10-13(22)5-7-14(12)15(16)8-9-20(17,2)19(18)23/h5,7,10,15-17,22H,3-4,6,8-9,11H2,1-2H3/b21-18+/t15-,16-,17+,20+/m1/s1. The summed E-state index contributed by atoms with van der Waals surface area (Å²) in [5.74, 6) is 1.96. The van der Waals surface area contributed by atoms with E-state index in [9.17, 15) is 9.90 Å². The van der Waals surface area contributed by atoms with E-state index < -0.39 is 0 Å². The summed E-state index contributed by atoms with van der Waals surface area (Å²) >= 11 is 0. The van der Waals surface area contributed by atoms with Crippen molar-refractivity contribution in [1.29, 1.82) is 0 Å². The van der Waals surface area contributed by atoms with Gasteiger partial charge in [-0.2, -0.15) is 0 Å². The first-order chi connectivity index (χ1) is 11.5. The number of Topliss-reactive ketones (excluding diaryl/α,β-unsaturated/α-hetero) is 1. The Morgan fingerprint density at radius 3 is 3.00 bits per heavy atom. The minimum Gasteiger partial charge on any atom is -0.508 e. The van der Waals surface area contributed by atoms with E-state index in [0.717, 1.165) is 32.1 Å². The van der Waals surface area contributed by atoms with Crippen LogP contribution in [0.25, 0.3) is 0 Å². The Morgan fingerprint density at radius 1 is 1.38 bits per heavy atom. The van der Waals surface area contributed by atoms with Crippen molar-refractivity contribution in [2.45, 2.75) is 51.9 Å². The molecule has 3 aliphatic rings. The summed E-state index contributed by atoms with van der Waals surface area (Å²) in [6, 6.07) is 5.81. The number of phenols is 1. The maximum absolute atomic E-state index is 12.9. The molecule has 2 saturated carbocycles. The van der Waals surface area contributed by atoms with Crippen LogP contribution in [-0.2, 0) is 16.1 Å². The number of hydrogen-bond donors (Lipinski definition) is 1. The molecule has 24 heavy (non-hydrogen) atoms. The van der Waals surface area contributed by atoms with Crippen molar-refractivity contribution in [2.75, 3.05) is 6.61 Å². The van der Waals surface area contributed by atoms with E-state index in [4.69, 9.17) is 4.84 Å². The van der Waals surface area contributed by atoms with Crippen molar-refractivity contribution in [3.8, 4) is 5.75 Å². The van der Waals surface area contributed by atoms with E-state index in [1.807, 2.05) is 13.0 Å². The molecule has 4 heteroatoms. The number of hydrogen-bond acceptors (Lipinski definition) is 4. The summed E-state index contributed by atoms with van der Waals surface area (Å²) in [6.45, 7) is 4.53. The van der Waals surface area contributed by atoms with Gasteiger partial charge >= 0.3 is 0 Å². The number of rotatable bonds is 2. The summed E-state index contributed by atoms with van der Waals surface area (Å²) in [4.78, 5) is 18.1. The average molecular weight is 327 g/mol. The second-order valence-electron chi connectivity index (χ2n) is 7.74. The van der Waals surface area contributed by atoms with Gasteiger partial charge in [0, 0.05) is 11.8 Å². The molecule has 2 fully saturated rings. The zero-order valence-electron chi connectivity index (χ0n) is 14.4. The molecule has 0 bridgehead atoms. The molecule has 0 aromatic heterocycles. The van der Waals surface area contributed by atoms with Crippen molar-refractivity contribution in [1.82, 2.24) is 0 Å². The Balaban J connectivity index is 1.67. The normalized spacial score (nSPS) is 36.2. The van der Waals surface area contributed by atoms with Crippen LogP contribution in [0.5, 0.6) is 5.75 Å².